The van der Waals surface area contributed by atoms with E-state index in [2.05, 4.69) is 63.7 Å². The van der Waals surface area contributed by atoms with Crippen molar-refractivity contribution < 1.29 is 4.42 Å². The number of oxazole rings is 1. The zero-order valence-corrected chi connectivity index (χ0v) is 16.2. The fourth-order valence-corrected chi connectivity index (χ4v) is 4.69. The van der Waals surface area contributed by atoms with Crippen molar-refractivity contribution in [2.45, 2.75) is 44.2 Å². The highest BCUT2D eigenvalue weighted by molar-refractivity contribution is 5.64. The molecule has 1 saturated heterocycles. The van der Waals surface area contributed by atoms with E-state index in [-0.39, 0.29) is 0 Å². The molecule has 1 atom stereocenters. The Labute approximate surface area is 166 Å². The summed E-state index contributed by atoms with van der Waals surface area (Å²) in [5.41, 5.74) is 5.45. The van der Waals surface area contributed by atoms with E-state index in [0.29, 0.717) is 12.1 Å². The molecular formula is C24H27N3O. The zero-order valence-electron chi connectivity index (χ0n) is 16.2. The van der Waals surface area contributed by atoms with Crippen LogP contribution in [-0.4, -0.2) is 30.2 Å². The predicted molar refractivity (Wildman–Crippen MR) is 113 cm³/mol. The number of benzene rings is 2. The third kappa shape index (κ3) is 3.69. The third-order valence-corrected chi connectivity index (χ3v) is 6.24. The van der Waals surface area contributed by atoms with Crippen LogP contribution in [0.2, 0.25) is 0 Å². The number of fused-ring (bicyclic) bond motifs is 1. The maximum atomic E-state index is 5.45. The summed E-state index contributed by atoms with van der Waals surface area (Å²) < 4.78 is 5.45. The monoisotopic (exact) mass is 373 g/mol. The molecular weight excluding hydrogens is 346 g/mol. The number of nitrogens with zero attached hydrogens (tertiary/aromatic N) is 2. The predicted octanol–water partition coefficient (Wildman–Crippen LogP) is 4.46. The second kappa shape index (κ2) is 7.80. The van der Waals surface area contributed by atoms with Gasteiger partial charge in [-0.05, 0) is 55.4 Å². The maximum absolute atomic E-state index is 5.45. The number of hydrogen-bond donors (Lipinski definition) is 1. The van der Waals surface area contributed by atoms with Gasteiger partial charge < -0.3 is 14.6 Å². The van der Waals surface area contributed by atoms with Crippen molar-refractivity contribution in [3.63, 3.8) is 0 Å². The lowest BCUT2D eigenvalue weighted by Crippen LogP contribution is -2.47. The van der Waals surface area contributed by atoms with E-state index in [1.165, 1.54) is 49.7 Å². The van der Waals surface area contributed by atoms with Crippen LogP contribution < -0.4 is 10.2 Å². The number of aryl methyl sites for hydroxylation is 1. The molecule has 1 fully saturated rings. The Kier molecular flexibility index (Phi) is 4.88. The second-order valence-electron chi connectivity index (χ2n) is 8.05. The first-order valence-corrected chi connectivity index (χ1v) is 10.4. The molecule has 4 heteroatoms. The van der Waals surface area contributed by atoms with Gasteiger partial charge in [0.1, 0.15) is 0 Å². The molecule has 3 aromatic rings. The van der Waals surface area contributed by atoms with Crippen LogP contribution in [0.5, 0.6) is 0 Å². The molecule has 1 N–H and O–H groups in total. The molecule has 1 aliphatic heterocycles. The van der Waals surface area contributed by atoms with Crippen molar-refractivity contribution in [1.29, 1.82) is 0 Å². The van der Waals surface area contributed by atoms with Crippen molar-refractivity contribution >= 4 is 5.69 Å². The van der Waals surface area contributed by atoms with Gasteiger partial charge in [-0.3, -0.25) is 0 Å². The lowest BCUT2D eigenvalue weighted by Gasteiger charge is -2.37. The Bertz CT molecular complexity index is 913. The van der Waals surface area contributed by atoms with Crippen LogP contribution in [0.3, 0.4) is 0 Å². The number of hydrogen-bond acceptors (Lipinski definition) is 4. The van der Waals surface area contributed by atoms with E-state index in [4.69, 9.17) is 4.42 Å². The smallest absolute Gasteiger partial charge is 0.181 e. The Morgan fingerprint density at radius 3 is 2.61 bits per heavy atom. The maximum Gasteiger partial charge on any atom is 0.181 e. The Balaban J connectivity index is 1.18. The average molecular weight is 374 g/mol. The lowest BCUT2D eigenvalue weighted by atomic mass is 9.87. The van der Waals surface area contributed by atoms with Crippen LogP contribution in [0.1, 0.15) is 30.4 Å². The van der Waals surface area contributed by atoms with Gasteiger partial charge in [-0.25, -0.2) is 4.98 Å². The standard InChI is InChI=1S/C24H27N3O/c1-2-5-19-14-22(9-8-18(19)4-1)26-21-10-12-27(13-11-21)23-7-3-6-20(15-23)24-16-25-17-28-24/h1-7,15-17,21-22,26H,8-14H2/t22-/m1/s1. The van der Waals surface area contributed by atoms with Gasteiger partial charge in [-0.1, -0.05) is 36.4 Å². The lowest BCUT2D eigenvalue weighted by molar-refractivity contribution is 0.345. The number of anilines is 1. The van der Waals surface area contributed by atoms with E-state index in [9.17, 15) is 0 Å². The number of aromatic nitrogens is 1. The molecule has 0 amide bonds. The summed E-state index contributed by atoms with van der Waals surface area (Å²) in [6, 6.07) is 18.8. The quantitative estimate of drug-likeness (QED) is 0.733. The minimum Gasteiger partial charge on any atom is -0.444 e. The molecule has 28 heavy (non-hydrogen) atoms. The minimum absolute atomic E-state index is 0.626. The van der Waals surface area contributed by atoms with Crippen LogP contribution in [0.15, 0.2) is 65.5 Å². The van der Waals surface area contributed by atoms with Gasteiger partial charge in [-0.2, -0.15) is 0 Å². The van der Waals surface area contributed by atoms with E-state index >= 15 is 0 Å². The first-order valence-electron chi connectivity index (χ1n) is 10.4. The summed E-state index contributed by atoms with van der Waals surface area (Å²) in [5.74, 6) is 0.830. The summed E-state index contributed by atoms with van der Waals surface area (Å²) in [5, 5.41) is 3.95. The van der Waals surface area contributed by atoms with Crippen LogP contribution in [0, 0.1) is 0 Å². The Hall–Kier alpha value is -2.59. The van der Waals surface area contributed by atoms with Crippen molar-refractivity contribution in [1.82, 2.24) is 10.3 Å². The fraction of sp³-hybridized carbons (Fsp3) is 0.375. The molecule has 144 valence electrons. The van der Waals surface area contributed by atoms with Crippen LogP contribution in [0.25, 0.3) is 11.3 Å². The molecule has 1 aromatic heterocycles. The van der Waals surface area contributed by atoms with Crippen molar-refractivity contribution in [2.75, 3.05) is 18.0 Å². The molecule has 2 aromatic carbocycles. The summed E-state index contributed by atoms with van der Waals surface area (Å²) in [6.45, 7) is 2.20. The molecule has 1 aliphatic carbocycles. The molecule has 5 rings (SSSR count). The molecule has 2 aliphatic rings. The highest BCUT2D eigenvalue weighted by Gasteiger charge is 2.24. The van der Waals surface area contributed by atoms with Gasteiger partial charge >= 0.3 is 0 Å². The Morgan fingerprint density at radius 1 is 0.929 bits per heavy atom. The molecule has 4 nitrogen and oxygen atoms in total. The van der Waals surface area contributed by atoms with Crippen LogP contribution in [0.4, 0.5) is 5.69 Å². The second-order valence-corrected chi connectivity index (χ2v) is 8.05. The highest BCUT2D eigenvalue weighted by atomic mass is 16.3. The third-order valence-electron chi connectivity index (χ3n) is 6.24. The first-order chi connectivity index (χ1) is 13.8. The Morgan fingerprint density at radius 2 is 1.79 bits per heavy atom. The van der Waals surface area contributed by atoms with Gasteiger partial charge in [0.25, 0.3) is 0 Å². The number of rotatable bonds is 4. The van der Waals surface area contributed by atoms with Crippen molar-refractivity contribution in [3.8, 4) is 11.3 Å². The normalized spacial score (nSPS) is 20.1. The van der Waals surface area contributed by atoms with E-state index in [1.807, 2.05) is 0 Å². The summed E-state index contributed by atoms with van der Waals surface area (Å²) in [7, 11) is 0. The molecule has 0 radical (unpaired) electrons. The van der Waals surface area contributed by atoms with E-state index in [1.54, 1.807) is 11.8 Å². The van der Waals surface area contributed by atoms with E-state index in [0.717, 1.165) is 24.4 Å². The number of nitrogens with one attached hydrogen (secondary N) is 1. The van der Waals surface area contributed by atoms with Gasteiger partial charge in [0.05, 0.1) is 6.20 Å². The number of piperidine rings is 1. The van der Waals surface area contributed by atoms with Crippen LogP contribution >= 0.6 is 0 Å². The van der Waals surface area contributed by atoms with E-state index < -0.39 is 0 Å². The van der Waals surface area contributed by atoms with Gasteiger partial charge in [0.2, 0.25) is 0 Å². The summed E-state index contributed by atoms with van der Waals surface area (Å²) in [6.07, 6.45) is 9.31. The molecule has 0 bridgehead atoms. The topological polar surface area (TPSA) is 41.3 Å². The first kappa shape index (κ1) is 17.5. The largest absolute Gasteiger partial charge is 0.444 e. The minimum atomic E-state index is 0.626. The van der Waals surface area contributed by atoms with Crippen LogP contribution in [-0.2, 0) is 12.8 Å². The fourth-order valence-electron chi connectivity index (χ4n) is 4.69. The van der Waals surface area contributed by atoms with Gasteiger partial charge in [0.15, 0.2) is 12.2 Å². The SMILES string of the molecule is c1cc(-c2cnco2)cc(N2CCC(N[C@@H]3CCc4ccccc4C3)CC2)c1. The zero-order chi connectivity index (χ0) is 18.8. The van der Waals surface area contributed by atoms with Gasteiger partial charge in [0, 0.05) is 36.4 Å². The average Bonchev–Trinajstić information content (AvgIpc) is 3.29. The molecule has 0 unspecified atom stereocenters. The van der Waals surface area contributed by atoms with Crippen molar-refractivity contribution in [2.24, 2.45) is 0 Å². The molecule has 2 heterocycles. The summed E-state index contributed by atoms with van der Waals surface area (Å²) >= 11 is 0. The molecule has 0 spiro atoms. The highest BCUT2D eigenvalue weighted by Crippen LogP contribution is 2.27. The molecule has 0 saturated carbocycles. The summed E-state index contributed by atoms with van der Waals surface area (Å²) in [4.78, 5) is 6.53. The van der Waals surface area contributed by atoms with Gasteiger partial charge in [-0.15, -0.1) is 0 Å². The van der Waals surface area contributed by atoms with Crippen molar-refractivity contribution in [3.05, 3.63) is 72.2 Å².